The summed E-state index contributed by atoms with van der Waals surface area (Å²) in [6.07, 6.45) is 0. The Morgan fingerprint density at radius 1 is 1.26 bits per heavy atom. The number of carbonyl (C=O) groups excluding carboxylic acids is 1. The highest BCUT2D eigenvalue weighted by Gasteiger charge is 2.08. The van der Waals surface area contributed by atoms with Gasteiger partial charge in [0.1, 0.15) is 12.4 Å². The molecule has 0 fully saturated rings. The minimum Gasteiger partial charge on any atom is -0.489 e. The van der Waals surface area contributed by atoms with Crippen molar-refractivity contribution in [2.75, 3.05) is 0 Å². The van der Waals surface area contributed by atoms with E-state index in [-0.39, 0.29) is 0 Å². The van der Waals surface area contributed by atoms with E-state index in [0.717, 1.165) is 21.3 Å². The van der Waals surface area contributed by atoms with E-state index in [0.29, 0.717) is 12.2 Å². The van der Waals surface area contributed by atoms with Crippen LogP contribution in [-0.2, 0) is 6.61 Å². The second-order valence-electron chi connectivity index (χ2n) is 4.22. The first-order chi connectivity index (χ1) is 9.08. The molecule has 0 aliphatic heterocycles. The SMILES string of the molecule is Cc1ccc(Br)cc1OCc1ccccc1C(N)=O. The average Bonchev–Trinajstić information content (AvgIpc) is 2.40. The smallest absolute Gasteiger partial charge is 0.249 e. The third-order valence-corrected chi connectivity index (χ3v) is 3.31. The molecule has 0 spiro atoms. The largest absolute Gasteiger partial charge is 0.489 e. The summed E-state index contributed by atoms with van der Waals surface area (Å²) >= 11 is 3.41. The van der Waals surface area contributed by atoms with Crippen LogP contribution in [0.4, 0.5) is 0 Å². The summed E-state index contributed by atoms with van der Waals surface area (Å²) < 4.78 is 6.71. The maximum atomic E-state index is 11.3. The van der Waals surface area contributed by atoms with E-state index in [9.17, 15) is 4.79 Å². The Morgan fingerprint density at radius 3 is 2.74 bits per heavy atom. The lowest BCUT2D eigenvalue weighted by molar-refractivity contribution is 0.0998. The first-order valence-electron chi connectivity index (χ1n) is 5.84. The van der Waals surface area contributed by atoms with E-state index in [2.05, 4.69) is 15.9 Å². The molecular formula is C15H14BrNO2. The molecule has 0 bridgehead atoms. The number of carbonyl (C=O) groups is 1. The van der Waals surface area contributed by atoms with E-state index in [1.54, 1.807) is 12.1 Å². The van der Waals surface area contributed by atoms with Crippen molar-refractivity contribution in [1.29, 1.82) is 0 Å². The molecule has 4 heteroatoms. The van der Waals surface area contributed by atoms with Gasteiger partial charge in [0, 0.05) is 15.6 Å². The van der Waals surface area contributed by atoms with Crippen molar-refractivity contribution >= 4 is 21.8 Å². The highest BCUT2D eigenvalue weighted by molar-refractivity contribution is 9.10. The molecule has 19 heavy (non-hydrogen) atoms. The molecule has 2 aromatic rings. The van der Waals surface area contributed by atoms with Gasteiger partial charge in [0.15, 0.2) is 0 Å². The number of hydrogen-bond donors (Lipinski definition) is 1. The van der Waals surface area contributed by atoms with E-state index >= 15 is 0 Å². The molecule has 0 saturated carbocycles. The normalized spacial score (nSPS) is 10.2. The lowest BCUT2D eigenvalue weighted by Gasteiger charge is -2.11. The second-order valence-corrected chi connectivity index (χ2v) is 5.14. The maximum Gasteiger partial charge on any atom is 0.249 e. The molecule has 0 aliphatic rings. The Bertz CT molecular complexity index is 611. The van der Waals surface area contributed by atoms with Gasteiger partial charge in [-0.05, 0) is 30.7 Å². The van der Waals surface area contributed by atoms with Crippen molar-refractivity contribution in [1.82, 2.24) is 0 Å². The highest BCUT2D eigenvalue weighted by atomic mass is 79.9. The van der Waals surface area contributed by atoms with Crippen LogP contribution >= 0.6 is 15.9 Å². The summed E-state index contributed by atoms with van der Waals surface area (Å²) in [5.41, 5.74) is 7.66. The molecule has 0 atom stereocenters. The zero-order valence-corrected chi connectivity index (χ0v) is 12.1. The zero-order valence-electron chi connectivity index (χ0n) is 10.5. The molecule has 0 aliphatic carbocycles. The summed E-state index contributed by atoms with van der Waals surface area (Å²) in [4.78, 5) is 11.3. The van der Waals surface area contributed by atoms with Crippen molar-refractivity contribution < 1.29 is 9.53 Å². The Labute approximate surface area is 120 Å². The summed E-state index contributed by atoms with van der Waals surface area (Å²) in [7, 11) is 0. The van der Waals surface area contributed by atoms with Gasteiger partial charge in [0.05, 0.1) is 0 Å². The minimum atomic E-state index is -0.440. The van der Waals surface area contributed by atoms with Crippen molar-refractivity contribution in [3.8, 4) is 5.75 Å². The molecule has 2 N–H and O–H groups in total. The summed E-state index contributed by atoms with van der Waals surface area (Å²) in [5.74, 6) is 0.346. The average molecular weight is 320 g/mol. The van der Waals surface area contributed by atoms with E-state index in [1.807, 2.05) is 37.3 Å². The minimum absolute atomic E-state index is 0.316. The molecule has 98 valence electrons. The molecule has 1 amide bonds. The van der Waals surface area contributed by atoms with E-state index < -0.39 is 5.91 Å². The van der Waals surface area contributed by atoms with Gasteiger partial charge in [-0.25, -0.2) is 0 Å². The fourth-order valence-corrected chi connectivity index (χ4v) is 2.11. The van der Waals surface area contributed by atoms with Gasteiger partial charge >= 0.3 is 0 Å². The van der Waals surface area contributed by atoms with Crippen LogP contribution in [-0.4, -0.2) is 5.91 Å². The molecular weight excluding hydrogens is 306 g/mol. The van der Waals surface area contributed by atoms with Crippen LogP contribution in [0.2, 0.25) is 0 Å². The predicted octanol–water partition coefficient (Wildman–Crippen LogP) is 3.44. The molecule has 0 heterocycles. The van der Waals surface area contributed by atoms with Gasteiger partial charge in [-0.15, -0.1) is 0 Å². The standard InChI is InChI=1S/C15H14BrNO2/c1-10-6-7-12(16)8-14(10)19-9-11-4-2-3-5-13(11)15(17)18/h2-8H,9H2,1H3,(H2,17,18). The van der Waals surface area contributed by atoms with Gasteiger partial charge in [0.2, 0.25) is 5.91 Å². The molecule has 0 unspecified atom stereocenters. The quantitative estimate of drug-likeness (QED) is 0.938. The van der Waals surface area contributed by atoms with Crippen LogP contribution in [0.15, 0.2) is 46.9 Å². The number of nitrogens with two attached hydrogens (primary N) is 1. The fraction of sp³-hybridized carbons (Fsp3) is 0.133. The molecule has 2 rings (SSSR count). The van der Waals surface area contributed by atoms with Crippen molar-refractivity contribution in [3.05, 3.63) is 63.6 Å². The zero-order chi connectivity index (χ0) is 13.8. The molecule has 0 saturated heterocycles. The van der Waals surface area contributed by atoms with Crippen molar-refractivity contribution in [3.63, 3.8) is 0 Å². The van der Waals surface area contributed by atoms with Gasteiger partial charge in [0.25, 0.3) is 0 Å². The molecule has 2 aromatic carbocycles. The number of aryl methyl sites for hydroxylation is 1. The Morgan fingerprint density at radius 2 is 2.00 bits per heavy atom. The predicted molar refractivity (Wildman–Crippen MR) is 78.2 cm³/mol. The number of hydrogen-bond acceptors (Lipinski definition) is 2. The third-order valence-electron chi connectivity index (χ3n) is 2.82. The fourth-order valence-electron chi connectivity index (χ4n) is 1.77. The Balaban J connectivity index is 2.19. The van der Waals surface area contributed by atoms with Gasteiger partial charge in [-0.3, -0.25) is 4.79 Å². The van der Waals surface area contributed by atoms with Crippen LogP contribution in [0.5, 0.6) is 5.75 Å². The lowest BCUT2D eigenvalue weighted by atomic mass is 10.1. The summed E-state index contributed by atoms with van der Waals surface area (Å²) in [6.45, 7) is 2.29. The van der Waals surface area contributed by atoms with Crippen LogP contribution < -0.4 is 10.5 Å². The van der Waals surface area contributed by atoms with Gasteiger partial charge in [-0.2, -0.15) is 0 Å². The van der Waals surface area contributed by atoms with Crippen LogP contribution in [0.3, 0.4) is 0 Å². The van der Waals surface area contributed by atoms with E-state index in [1.165, 1.54) is 0 Å². The van der Waals surface area contributed by atoms with Crippen LogP contribution in [0.1, 0.15) is 21.5 Å². The second kappa shape index (κ2) is 5.89. The van der Waals surface area contributed by atoms with Crippen LogP contribution in [0.25, 0.3) is 0 Å². The number of ether oxygens (including phenoxy) is 1. The number of primary amides is 1. The number of amides is 1. The topological polar surface area (TPSA) is 52.3 Å². The van der Waals surface area contributed by atoms with Gasteiger partial charge < -0.3 is 10.5 Å². The molecule has 0 aromatic heterocycles. The number of halogens is 1. The first-order valence-corrected chi connectivity index (χ1v) is 6.64. The molecule has 0 radical (unpaired) electrons. The Kier molecular flexibility index (Phi) is 4.22. The number of rotatable bonds is 4. The first kappa shape index (κ1) is 13.6. The van der Waals surface area contributed by atoms with Crippen molar-refractivity contribution in [2.45, 2.75) is 13.5 Å². The highest BCUT2D eigenvalue weighted by Crippen LogP contribution is 2.24. The molecule has 3 nitrogen and oxygen atoms in total. The van der Waals surface area contributed by atoms with E-state index in [4.69, 9.17) is 10.5 Å². The lowest BCUT2D eigenvalue weighted by Crippen LogP contribution is -2.14. The van der Waals surface area contributed by atoms with Gasteiger partial charge in [-0.1, -0.05) is 40.2 Å². The summed E-state index contributed by atoms with van der Waals surface area (Å²) in [5, 5.41) is 0. The monoisotopic (exact) mass is 319 g/mol. The maximum absolute atomic E-state index is 11.3. The third kappa shape index (κ3) is 3.35. The number of benzene rings is 2. The Hall–Kier alpha value is -1.81. The summed E-state index contributed by atoms with van der Waals surface area (Å²) in [6, 6.07) is 13.0. The van der Waals surface area contributed by atoms with Crippen molar-refractivity contribution in [2.24, 2.45) is 5.73 Å². The van der Waals surface area contributed by atoms with Crippen LogP contribution in [0, 0.1) is 6.92 Å².